The third-order valence-electron chi connectivity index (χ3n) is 3.43. The van der Waals surface area contributed by atoms with Gasteiger partial charge in [-0.15, -0.1) is 10.2 Å². The first kappa shape index (κ1) is 13.8. The van der Waals surface area contributed by atoms with Crippen LogP contribution >= 0.6 is 0 Å². The largest absolute Gasteiger partial charge is 0.385 e. The lowest BCUT2D eigenvalue weighted by Crippen LogP contribution is -2.08. The molecule has 0 radical (unpaired) electrons. The summed E-state index contributed by atoms with van der Waals surface area (Å²) in [5.41, 5.74) is 2.76. The molecule has 0 aliphatic heterocycles. The highest BCUT2D eigenvalue weighted by molar-refractivity contribution is 5.82. The van der Waals surface area contributed by atoms with Crippen molar-refractivity contribution in [2.45, 2.75) is 19.8 Å². The molecule has 0 aliphatic rings. The second kappa shape index (κ2) is 6.05. The lowest BCUT2D eigenvalue weighted by Gasteiger charge is -2.09. The molecular weight excluding hydrogens is 266 g/mol. The molecule has 0 fully saturated rings. The summed E-state index contributed by atoms with van der Waals surface area (Å²) in [7, 11) is 1.71. The minimum atomic E-state index is 0.726. The lowest BCUT2D eigenvalue weighted by atomic mass is 10.3. The highest BCUT2D eigenvalue weighted by atomic mass is 16.5. The molecular formula is C15H19N5O. The molecule has 2 heterocycles. The van der Waals surface area contributed by atoms with E-state index in [0.29, 0.717) is 0 Å². The minimum Gasteiger partial charge on any atom is -0.385 e. The number of para-hydroxylation sites is 2. The third kappa shape index (κ3) is 2.54. The van der Waals surface area contributed by atoms with E-state index in [9.17, 15) is 0 Å². The Morgan fingerprint density at radius 1 is 1.24 bits per heavy atom. The van der Waals surface area contributed by atoms with Crippen molar-refractivity contribution < 1.29 is 4.74 Å². The van der Waals surface area contributed by atoms with Gasteiger partial charge in [0.2, 0.25) is 5.65 Å². The van der Waals surface area contributed by atoms with Gasteiger partial charge in [-0.1, -0.05) is 19.1 Å². The fraction of sp³-hybridized carbons (Fsp3) is 0.400. The number of nitrogens with one attached hydrogen (secondary N) is 1. The Hall–Kier alpha value is -2.21. The molecule has 0 amide bonds. The molecule has 21 heavy (non-hydrogen) atoms. The van der Waals surface area contributed by atoms with Crippen LogP contribution in [0.5, 0.6) is 0 Å². The standard InChI is InChI=1S/C15H19N5O/c1-3-13-18-19-15-14(16-9-6-10-21-2)17-11-7-4-5-8-12(11)20(13)15/h4-5,7-8H,3,6,9-10H2,1-2H3,(H,16,17). The number of fused-ring (bicyclic) bond motifs is 3. The summed E-state index contributed by atoms with van der Waals surface area (Å²) in [6.07, 6.45) is 1.75. The van der Waals surface area contributed by atoms with Crippen LogP contribution in [0.3, 0.4) is 0 Å². The topological polar surface area (TPSA) is 64.3 Å². The summed E-state index contributed by atoms with van der Waals surface area (Å²) in [6, 6.07) is 8.06. The van der Waals surface area contributed by atoms with E-state index in [-0.39, 0.29) is 0 Å². The van der Waals surface area contributed by atoms with E-state index in [1.54, 1.807) is 7.11 Å². The van der Waals surface area contributed by atoms with Gasteiger partial charge in [0.25, 0.3) is 0 Å². The van der Waals surface area contributed by atoms with Crippen LogP contribution in [0.1, 0.15) is 19.2 Å². The van der Waals surface area contributed by atoms with Crippen molar-refractivity contribution in [1.82, 2.24) is 19.6 Å². The molecule has 0 saturated carbocycles. The number of hydrogen-bond donors (Lipinski definition) is 1. The van der Waals surface area contributed by atoms with Crippen LogP contribution in [0.4, 0.5) is 5.82 Å². The Bertz CT molecular complexity index is 752. The summed E-state index contributed by atoms with van der Waals surface area (Å²) < 4.78 is 7.15. The summed E-state index contributed by atoms with van der Waals surface area (Å²) >= 11 is 0. The van der Waals surface area contributed by atoms with Crippen molar-refractivity contribution in [3.63, 3.8) is 0 Å². The van der Waals surface area contributed by atoms with E-state index in [1.807, 2.05) is 24.3 Å². The molecule has 0 saturated heterocycles. The summed E-state index contributed by atoms with van der Waals surface area (Å²) in [4.78, 5) is 4.67. The molecule has 0 unspecified atom stereocenters. The van der Waals surface area contributed by atoms with Gasteiger partial charge in [0.1, 0.15) is 5.82 Å². The zero-order valence-electron chi connectivity index (χ0n) is 12.3. The Morgan fingerprint density at radius 3 is 2.90 bits per heavy atom. The normalized spacial score (nSPS) is 11.3. The SMILES string of the molecule is CCc1nnc2c(NCCCOC)nc3ccccc3n12. The van der Waals surface area contributed by atoms with Crippen molar-refractivity contribution >= 4 is 22.5 Å². The quantitative estimate of drug-likeness (QED) is 0.704. The summed E-state index contributed by atoms with van der Waals surface area (Å²) in [5.74, 6) is 1.72. The molecule has 0 atom stereocenters. The minimum absolute atomic E-state index is 0.726. The van der Waals surface area contributed by atoms with Gasteiger partial charge in [0.05, 0.1) is 11.0 Å². The monoisotopic (exact) mass is 285 g/mol. The molecule has 3 aromatic rings. The molecule has 0 aliphatic carbocycles. The van der Waals surface area contributed by atoms with Gasteiger partial charge >= 0.3 is 0 Å². The van der Waals surface area contributed by atoms with Crippen LogP contribution in [-0.4, -0.2) is 39.8 Å². The predicted octanol–water partition coefficient (Wildman–Crippen LogP) is 2.29. The van der Waals surface area contributed by atoms with E-state index < -0.39 is 0 Å². The number of rotatable bonds is 6. The molecule has 0 spiro atoms. The van der Waals surface area contributed by atoms with Gasteiger partial charge in [-0.05, 0) is 18.6 Å². The highest BCUT2D eigenvalue weighted by Gasteiger charge is 2.13. The summed E-state index contributed by atoms with van der Waals surface area (Å²) in [5, 5.41) is 11.9. The van der Waals surface area contributed by atoms with Crippen LogP contribution < -0.4 is 5.32 Å². The zero-order valence-corrected chi connectivity index (χ0v) is 12.3. The van der Waals surface area contributed by atoms with Gasteiger partial charge in [-0.3, -0.25) is 4.40 Å². The van der Waals surface area contributed by atoms with Crippen LogP contribution in [-0.2, 0) is 11.2 Å². The molecule has 0 bridgehead atoms. The first-order chi connectivity index (χ1) is 10.3. The second-order valence-electron chi connectivity index (χ2n) is 4.85. The number of nitrogens with zero attached hydrogens (tertiary/aromatic N) is 4. The number of ether oxygens (including phenoxy) is 1. The number of methoxy groups -OCH3 is 1. The predicted molar refractivity (Wildman–Crippen MR) is 82.6 cm³/mol. The van der Waals surface area contributed by atoms with E-state index in [1.165, 1.54) is 0 Å². The second-order valence-corrected chi connectivity index (χ2v) is 4.85. The Morgan fingerprint density at radius 2 is 2.10 bits per heavy atom. The van der Waals surface area contributed by atoms with E-state index in [4.69, 9.17) is 4.74 Å². The summed E-state index contributed by atoms with van der Waals surface area (Å²) in [6.45, 7) is 3.60. The third-order valence-corrected chi connectivity index (χ3v) is 3.43. The van der Waals surface area contributed by atoms with Crippen LogP contribution in [0.25, 0.3) is 16.7 Å². The van der Waals surface area contributed by atoms with Gasteiger partial charge in [-0.2, -0.15) is 0 Å². The Kier molecular flexibility index (Phi) is 3.96. The van der Waals surface area contributed by atoms with Crippen molar-refractivity contribution in [1.29, 1.82) is 0 Å². The molecule has 3 rings (SSSR count). The fourth-order valence-electron chi connectivity index (χ4n) is 2.41. The van der Waals surface area contributed by atoms with Gasteiger partial charge in [0, 0.05) is 26.7 Å². The number of aryl methyl sites for hydroxylation is 1. The lowest BCUT2D eigenvalue weighted by molar-refractivity contribution is 0.198. The van der Waals surface area contributed by atoms with Gasteiger partial charge in [-0.25, -0.2) is 4.98 Å². The number of hydrogen-bond acceptors (Lipinski definition) is 5. The smallest absolute Gasteiger partial charge is 0.204 e. The average Bonchev–Trinajstić information content (AvgIpc) is 2.96. The molecule has 110 valence electrons. The van der Waals surface area contributed by atoms with Crippen LogP contribution in [0.2, 0.25) is 0 Å². The molecule has 6 heteroatoms. The number of benzene rings is 1. The van der Waals surface area contributed by atoms with E-state index in [0.717, 1.165) is 54.3 Å². The molecule has 1 N–H and O–H groups in total. The van der Waals surface area contributed by atoms with Crippen LogP contribution in [0, 0.1) is 0 Å². The van der Waals surface area contributed by atoms with Crippen molar-refractivity contribution in [3.05, 3.63) is 30.1 Å². The maximum Gasteiger partial charge on any atom is 0.204 e. The molecule has 1 aromatic carbocycles. The highest BCUT2D eigenvalue weighted by Crippen LogP contribution is 2.21. The fourth-order valence-corrected chi connectivity index (χ4v) is 2.41. The average molecular weight is 285 g/mol. The zero-order chi connectivity index (χ0) is 14.7. The maximum atomic E-state index is 5.07. The molecule has 6 nitrogen and oxygen atoms in total. The first-order valence-corrected chi connectivity index (χ1v) is 7.20. The van der Waals surface area contributed by atoms with E-state index >= 15 is 0 Å². The molecule has 2 aromatic heterocycles. The van der Waals surface area contributed by atoms with Crippen molar-refractivity contribution in [2.75, 3.05) is 25.6 Å². The Labute approximate surface area is 123 Å². The number of aromatic nitrogens is 4. The van der Waals surface area contributed by atoms with Gasteiger partial charge < -0.3 is 10.1 Å². The number of anilines is 1. The van der Waals surface area contributed by atoms with Crippen LogP contribution in [0.15, 0.2) is 24.3 Å². The first-order valence-electron chi connectivity index (χ1n) is 7.20. The Balaban J connectivity index is 2.08. The van der Waals surface area contributed by atoms with E-state index in [2.05, 4.69) is 31.8 Å². The van der Waals surface area contributed by atoms with Crippen molar-refractivity contribution in [3.8, 4) is 0 Å². The maximum absolute atomic E-state index is 5.07. The van der Waals surface area contributed by atoms with Crippen molar-refractivity contribution in [2.24, 2.45) is 0 Å². The van der Waals surface area contributed by atoms with Gasteiger partial charge in [0.15, 0.2) is 5.82 Å².